The van der Waals surface area contributed by atoms with Crippen molar-refractivity contribution in [1.29, 1.82) is 0 Å². The van der Waals surface area contributed by atoms with Crippen LogP contribution < -0.4 is 10.6 Å². The summed E-state index contributed by atoms with van der Waals surface area (Å²) in [6.07, 6.45) is 2.14. The smallest absolute Gasteiger partial charge is 0.323 e. The molecule has 0 amide bonds. The molecule has 4 atom stereocenters. The summed E-state index contributed by atoms with van der Waals surface area (Å²) in [4.78, 5) is 50.0. The number of aldehydes is 1. The number of ketones is 1. The van der Waals surface area contributed by atoms with Crippen LogP contribution in [0.15, 0.2) is 54.6 Å². The van der Waals surface area contributed by atoms with Gasteiger partial charge in [0.25, 0.3) is 0 Å². The fourth-order valence-electron chi connectivity index (χ4n) is 4.98. The van der Waals surface area contributed by atoms with Gasteiger partial charge in [-0.05, 0) is 74.0 Å². The van der Waals surface area contributed by atoms with Crippen LogP contribution in [-0.2, 0) is 23.9 Å². The first kappa shape index (κ1) is 30.0. The summed E-state index contributed by atoms with van der Waals surface area (Å²) in [7, 11) is 0. The number of fused-ring (bicyclic) bond motifs is 1. The number of pyridine rings is 1. The second kappa shape index (κ2) is 14.1. The van der Waals surface area contributed by atoms with Crippen molar-refractivity contribution >= 4 is 34.9 Å². The summed E-state index contributed by atoms with van der Waals surface area (Å²) in [6, 6.07) is 17.1. The molecule has 9 heteroatoms. The van der Waals surface area contributed by atoms with Gasteiger partial charge in [0.2, 0.25) is 0 Å². The molecule has 3 aromatic rings. The lowest BCUT2D eigenvalue weighted by Crippen LogP contribution is -2.33. The van der Waals surface area contributed by atoms with Crippen LogP contribution >= 0.6 is 0 Å². The van der Waals surface area contributed by atoms with E-state index in [1.54, 1.807) is 12.1 Å². The predicted molar refractivity (Wildman–Crippen MR) is 155 cm³/mol. The molecule has 2 aliphatic heterocycles. The molecular weight excluding hydrogens is 522 g/mol. The normalized spacial score (nSPS) is 21.5. The molecule has 1 aromatic heterocycles. The largest absolute Gasteiger partial charge is 0.457 e. The Morgan fingerprint density at radius 3 is 2.05 bits per heavy atom. The van der Waals surface area contributed by atoms with E-state index in [0.29, 0.717) is 23.7 Å². The summed E-state index contributed by atoms with van der Waals surface area (Å²) in [6.45, 7) is 7.42. The van der Waals surface area contributed by atoms with Crippen LogP contribution in [-0.4, -0.2) is 67.4 Å². The number of aromatic nitrogens is 1. The summed E-state index contributed by atoms with van der Waals surface area (Å²) in [5.74, 6) is 0.101. The number of hydrogen-bond donors (Lipinski definition) is 2. The molecule has 2 aliphatic rings. The van der Waals surface area contributed by atoms with Crippen molar-refractivity contribution in [2.75, 3.05) is 26.3 Å². The van der Waals surface area contributed by atoms with Gasteiger partial charge in [0.1, 0.15) is 18.7 Å². The lowest BCUT2D eigenvalue weighted by atomic mass is 10.0. The lowest BCUT2D eigenvalue weighted by Gasteiger charge is -2.10. The van der Waals surface area contributed by atoms with Crippen molar-refractivity contribution in [2.45, 2.75) is 45.7 Å². The lowest BCUT2D eigenvalue weighted by molar-refractivity contribution is -0.147. The van der Waals surface area contributed by atoms with E-state index >= 15 is 0 Å². The first-order valence-electron chi connectivity index (χ1n) is 14.0. The molecular formula is C32H37N3O6. The maximum atomic E-state index is 12.4. The van der Waals surface area contributed by atoms with E-state index in [2.05, 4.69) is 46.3 Å². The number of carbonyl (C=O) groups excluding carboxylic acids is 4. The zero-order valence-electron chi connectivity index (χ0n) is 23.7. The molecule has 216 valence electrons. The van der Waals surface area contributed by atoms with Crippen LogP contribution in [0.1, 0.15) is 42.7 Å². The van der Waals surface area contributed by atoms with Gasteiger partial charge in [0.15, 0.2) is 18.7 Å². The third-order valence-electron chi connectivity index (χ3n) is 7.28. The second-order valence-electron chi connectivity index (χ2n) is 10.9. The molecule has 0 saturated carbocycles. The summed E-state index contributed by atoms with van der Waals surface area (Å²) in [5.41, 5.74) is 4.58. The molecule has 0 unspecified atom stereocenters. The van der Waals surface area contributed by atoms with Crippen LogP contribution in [0, 0.1) is 18.8 Å². The summed E-state index contributed by atoms with van der Waals surface area (Å²) < 4.78 is 9.86. The van der Waals surface area contributed by atoms with Gasteiger partial charge in [0, 0.05) is 16.6 Å². The number of aryl methyl sites for hydroxylation is 1. The highest BCUT2D eigenvalue weighted by atomic mass is 16.5. The highest BCUT2D eigenvalue weighted by Gasteiger charge is 2.29. The van der Waals surface area contributed by atoms with E-state index in [9.17, 15) is 19.2 Å². The van der Waals surface area contributed by atoms with Crippen LogP contribution in [0.4, 0.5) is 0 Å². The number of carbonyl (C=O) groups is 4. The SMILES string of the molecule is C[C@@H]1CN[C@H](C(=O)OCC=O)C1.Cc1ccc2cc(-c3ccc(C(=O)COC(=O)[C@@H]4C[C@H](C)CN4)cc3)ccc2n1. The van der Waals surface area contributed by atoms with E-state index in [-0.39, 0.29) is 43.0 Å². The van der Waals surface area contributed by atoms with E-state index < -0.39 is 0 Å². The van der Waals surface area contributed by atoms with Crippen molar-refractivity contribution in [3.05, 3.63) is 65.9 Å². The molecule has 5 rings (SSSR count). The Kier molecular flexibility index (Phi) is 10.3. The topological polar surface area (TPSA) is 124 Å². The minimum Gasteiger partial charge on any atom is -0.457 e. The zero-order chi connectivity index (χ0) is 29.4. The molecule has 0 bridgehead atoms. The fraction of sp³-hybridized carbons (Fsp3) is 0.406. The van der Waals surface area contributed by atoms with Crippen LogP contribution in [0.25, 0.3) is 22.0 Å². The van der Waals surface area contributed by atoms with Gasteiger partial charge in [-0.1, -0.05) is 50.2 Å². The maximum Gasteiger partial charge on any atom is 0.323 e. The molecule has 2 N–H and O–H groups in total. The van der Waals surface area contributed by atoms with Crippen molar-refractivity contribution in [1.82, 2.24) is 15.6 Å². The van der Waals surface area contributed by atoms with Crippen LogP contribution in [0.5, 0.6) is 0 Å². The Labute approximate surface area is 240 Å². The Balaban J connectivity index is 0.000000271. The first-order chi connectivity index (χ1) is 19.7. The second-order valence-corrected chi connectivity index (χ2v) is 10.9. The van der Waals surface area contributed by atoms with Crippen molar-refractivity contribution in [3.63, 3.8) is 0 Å². The third kappa shape index (κ3) is 8.28. The van der Waals surface area contributed by atoms with Crippen LogP contribution in [0.3, 0.4) is 0 Å². The monoisotopic (exact) mass is 559 g/mol. The minimum absolute atomic E-state index is 0.134. The number of rotatable bonds is 8. The van der Waals surface area contributed by atoms with Gasteiger partial charge in [-0.25, -0.2) is 0 Å². The first-order valence-corrected chi connectivity index (χ1v) is 14.0. The van der Waals surface area contributed by atoms with Gasteiger partial charge in [-0.15, -0.1) is 0 Å². The molecule has 41 heavy (non-hydrogen) atoms. The molecule has 0 spiro atoms. The standard InChI is InChI=1S/C24H24N2O3.C8H13NO3/c1-15-11-22(25-13-15)24(28)29-14-23(27)18-7-5-17(6-8-18)19-9-10-21-20(12-19)4-3-16(2)26-21;1-6-4-7(9-5-6)8(11)12-3-2-10/h3-10,12,15,22,25H,11,13-14H2,1-2H3;2,6-7,9H,3-5H2,1H3/t15-,22-;6-,7-/m00/s1. The van der Waals surface area contributed by atoms with E-state index in [1.165, 1.54) is 0 Å². The number of nitrogens with one attached hydrogen (secondary N) is 2. The third-order valence-corrected chi connectivity index (χ3v) is 7.28. The van der Waals surface area contributed by atoms with Crippen molar-refractivity contribution < 1.29 is 28.7 Å². The minimum atomic E-state index is -0.348. The Morgan fingerprint density at radius 2 is 1.46 bits per heavy atom. The molecule has 9 nitrogen and oxygen atoms in total. The molecule has 2 saturated heterocycles. The van der Waals surface area contributed by atoms with E-state index in [0.717, 1.165) is 53.7 Å². The highest BCUT2D eigenvalue weighted by Crippen LogP contribution is 2.24. The Morgan fingerprint density at radius 1 is 0.854 bits per heavy atom. The molecule has 2 aromatic carbocycles. The van der Waals surface area contributed by atoms with E-state index in [1.807, 2.05) is 37.3 Å². The van der Waals surface area contributed by atoms with Crippen molar-refractivity contribution in [2.24, 2.45) is 11.8 Å². The Bertz CT molecular complexity index is 1390. The maximum absolute atomic E-state index is 12.4. The number of hydrogen-bond acceptors (Lipinski definition) is 9. The number of ether oxygens (including phenoxy) is 2. The Hall–Kier alpha value is -3.95. The highest BCUT2D eigenvalue weighted by molar-refractivity contribution is 5.98. The fourth-order valence-corrected chi connectivity index (χ4v) is 4.98. The zero-order valence-corrected chi connectivity index (χ0v) is 23.7. The number of nitrogens with zero attached hydrogens (tertiary/aromatic N) is 1. The van der Waals surface area contributed by atoms with Gasteiger partial charge in [-0.3, -0.25) is 24.2 Å². The number of esters is 2. The number of Topliss-reactive ketones (excluding diaryl/α,β-unsaturated/α-hetero) is 1. The summed E-state index contributed by atoms with van der Waals surface area (Å²) in [5, 5.41) is 7.22. The van der Waals surface area contributed by atoms with Crippen LogP contribution in [0.2, 0.25) is 0 Å². The molecule has 0 radical (unpaired) electrons. The average molecular weight is 560 g/mol. The average Bonchev–Trinajstić information content (AvgIpc) is 3.62. The predicted octanol–water partition coefficient (Wildman–Crippen LogP) is 3.66. The van der Waals surface area contributed by atoms with Gasteiger partial charge < -0.3 is 20.1 Å². The van der Waals surface area contributed by atoms with Crippen molar-refractivity contribution in [3.8, 4) is 11.1 Å². The summed E-state index contributed by atoms with van der Waals surface area (Å²) >= 11 is 0. The van der Waals surface area contributed by atoms with Gasteiger partial charge in [0.05, 0.1) is 5.52 Å². The number of benzene rings is 2. The molecule has 3 heterocycles. The molecule has 0 aliphatic carbocycles. The quantitative estimate of drug-likeness (QED) is 0.242. The molecule has 2 fully saturated rings. The van der Waals surface area contributed by atoms with Gasteiger partial charge in [-0.2, -0.15) is 0 Å². The van der Waals surface area contributed by atoms with E-state index in [4.69, 9.17) is 4.74 Å². The van der Waals surface area contributed by atoms with Gasteiger partial charge >= 0.3 is 11.9 Å².